The van der Waals surface area contributed by atoms with Gasteiger partial charge in [-0.15, -0.1) is 0 Å². The maximum atomic E-state index is 14.2. The molecule has 1 heterocycles. The highest BCUT2D eigenvalue weighted by atomic mass is 19.1. The summed E-state index contributed by atoms with van der Waals surface area (Å²) in [6.07, 6.45) is 0. The van der Waals surface area contributed by atoms with Crippen molar-refractivity contribution in [3.63, 3.8) is 0 Å². The van der Waals surface area contributed by atoms with E-state index >= 15 is 0 Å². The number of methoxy groups -OCH3 is 2. The Morgan fingerprint density at radius 3 is 2.28 bits per heavy atom. The summed E-state index contributed by atoms with van der Waals surface area (Å²) in [6, 6.07) is 20.0. The number of hydrogen-bond acceptors (Lipinski definition) is 5. The van der Waals surface area contributed by atoms with Crippen LogP contribution in [0.25, 0.3) is 5.57 Å². The predicted molar refractivity (Wildman–Crippen MR) is 118 cm³/mol. The summed E-state index contributed by atoms with van der Waals surface area (Å²) in [5.74, 6) is -0.501. The average molecular weight is 432 g/mol. The Balaban J connectivity index is 1.76. The molecule has 1 N–H and O–H groups in total. The molecule has 0 unspecified atom stereocenters. The van der Waals surface area contributed by atoms with Gasteiger partial charge < -0.3 is 14.8 Å². The Morgan fingerprint density at radius 2 is 1.59 bits per heavy atom. The molecule has 1 aliphatic heterocycles. The van der Waals surface area contributed by atoms with Crippen molar-refractivity contribution in [3.05, 3.63) is 95.4 Å². The zero-order valence-electron chi connectivity index (χ0n) is 17.6. The van der Waals surface area contributed by atoms with E-state index in [9.17, 15) is 14.0 Å². The summed E-state index contributed by atoms with van der Waals surface area (Å²) in [5, 5.41) is 3.06. The first-order valence-electron chi connectivity index (χ1n) is 9.92. The monoisotopic (exact) mass is 432 g/mol. The van der Waals surface area contributed by atoms with Crippen molar-refractivity contribution in [3.8, 4) is 11.5 Å². The Kier molecular flexibility index (Phi) is 5.89. The molecule has 3 aromatic rings. The van der Waals surface area contributed by atoms with E-state index in [1.807, 2.05) is 6.07 Å². The lowest BCUT2D eigenvalue weighted by molar-refractivity contribution is -0.137. The highest BCUT2D eigenvalue weighted by Crippen LogP contribution is 2.35. The fourth-order valence-electron chi connectivity index (χ4n) is 3.54. The lowest BCUT2D eigenvalue weighted by Crippen LogP contribution is -2.32. The van der Waals surface area contributed by atoms with Gasteiger partial charge in [0.05, 0.1) is 32.0 Å². The molecular formula is C25H21FN2O4. The standard InChI is InChI=1S/C25H21FN2O4/c1-31-18-12-13-20(21(14-18)32-2)27-23-22(16-8-4-3-5-9-16)24(29)28(25(23)30)15-17-10-6-7-11-19(17)26/h3-14,27H,15H2,1-2H3. The van der Waals surface area contributed by atoms with Gasteiger partial charge in [0.15, 0.2) is 0 Å². The fourth-order valence-corrected chi connectivity index (χ4v) is 3.54. The van der Waals surface area contributed by atoms with E-state index in [0.717, 1.165) is 4.90 Å². The number of hydrogen-bond donors (Lipinski definition) is 1. The van der Waals surface area contributed by atoms with Gasteiger partial charge in [0.2, 0.25) is 0 Å². The van der Waals surface area contributed by atoms with Gasteiger partial charge in [0.25, 0.3) is 11.8 Å². The summed E-state index contributed by atoms with van der Waals surface area (Å²) in [6.45, 7) is -0.175. The highest BCUT2D eigenvalue weighted by Gasteiger charge is 2.39. The summed E-state index contributed by atoms with van der Waals surface area (Å²) in [7, 11) is 3.04. The molecule has 4 rings (SSSR count). The van der Waals surface area contributed by atoms with Crippen molar-refractivity contribution in [2.24, 2.45) is 0 Å². The van der Waals surface area contributed by atoms with Gasteiger partial charge in [-0.3, -0.25) is 14.5 Å². The number of benzene rings is 3. The molecule has 2 amide bonds. The molecule has 0 saturated carbocycles. The van der Waals surface area contributed by atoms with Crippen LogP contribution in [-0.4, -0.2) is 30.9 Å². The first-order valence-corrected chi connectivity index (χ1v) is 9.92. The largest absolute Gasteiger partial charge is 0.497 e. The van der Waals surface area contributed by atoms with E-state index in [2.05, 4.69) is 5.32 Å². The van der Waals surface area contributed by atoms with Gasteiger partial charge >= 0.3 is 0 Å². The van der Waals surface area contributed by atoms with Crippen LogP contribution in [-0.2, 0) is 16.1 Å². The molecule has 0 aromatic heterocycles. The number of rotatable bonds is 7. The molecule has 162 valence electrons. The van der Waals surface area contributed by atoms with Crippen LogP contribution in [0.5, 0.6) is 11.5 Å². The SMILES string of the molecule is COc1ccc(NC2=C(c3ccccc3)C(=O)N(Cc3ccccc3F)C2=O)c(OC)c1. The van der Waals surface area contributed by atoms with Crippen molar-refractivity contribution >= 4 is 23.1 Å². The molecule has 32 heavy (non-hydrogen) atoms. The Bertz CT molecular complexity index is 1210. The first kappa shape index (κ1) is 21.1. The normalized spacial score (nSPS) is 13.5. The molecular weight excluding hydrogens is 411 g/mol. The molecule has 0 bridgehead atoms. The number of nitrogens with zero attached hydrogens (tertiary/aromatic N) is 1. The van der Waals surface area contributed by atoms with Crippen LogP contribution in [0.3, 0.4) is 0 Å². The fraction of sp³-hybridized carbons (Fsp3) is 0.120. The van der Waals surface area contributed by atoms with Gasteiger partial charge in [-0.1, -0.05) is 48.5 Å². The van der Waals surface area contributed by atoms with E-state index < -0.39 is 17.6 Å². The summed E-state index contributed by atoms with van der Waals surface area (Å²) < 4.78 is 24.9. The number of halogens is 1. The van der Waals surface area contributed by atoms with Crippen LogP contribution >= 0.6 is 0 Å². The summed E-state index contributed by atoms with van der Waals surface area (Å²) in [4.78, 5) is 27.7. The Hall–Kier alpha value is -4.13. The van der Waals surface area contributed by atoms with E-state index in [-0.39, 0.29) is 23.4 Å². The Labute approximate surface area is 184 Å². The van der Waals surface area contributed by atoms with E-state index in [0.29, 0.717) is 22.7 Å². The number of ether oxygens (including phenoxy) is 2. The zero-order chi connectivity index (χ0) is 22.7. The third-order valence-corrected chi connectivity index (χ3v) is 5.19. The molecule has 0 radical (unpaired) electrons. The van der Waals surface area contributed by atoms with Crippen LogP contribution in [0.15, 0.2) is 78.5 Å². The van der Waals surface area contributed by atoms with Crippen molar-refractivity contribution in [2.45, 2.75) is 6.54 Å². The molecule has 7 heteroatoms. The maximum absolute atomic E-state index is 14.2. The van der Waals surface area contributed by atoms with Gasteiger partial charge in [0, 0.05) is 11.6 Å². The van der Waals surface area contributed by atoms with Crippen molar-refractivity contribution in [1.82, 2.24) is 4.90 Å². The minimum absolute atomic E-state index is 0.0982. The third kappa shape index (κ3) is 3.92. The van der Waals surface area contributed by atoms with E-state index in [1.165, 1.54) is 20.3 Å². The number of nitrogens with one attached hydrogen (secondary N) is 1. The van der Waals surface area contributed by atoms with Gasteiger partial charge in [-0.2, -0.15) is 0 Å². The van der Waals surface area contributed by atoms with Crippen LogP contribution in [0.4, 0.5) is 10.1 Å². The summed E-state index contributed by atoms with van der Waals surface area (Å²) >= 11 is 0. The van der Waals surface area contributed by atoms with Crippen LogP contribution in [0.2, 0.25) is 0 Å². The van der Waals surface area contributed by atoms with Crippen LogP contribution in [0, 0.1) is 5.82 Å². The van der Waals surface area contributed by atoms with Gasteiger partial charge in [0.1, 0.15) is 23.0 Å². The van der Waals surface area contributed by atoms with Gasteiger partial charge in [-0.25, -0.2) is 4.39 Å². The smallest absolute Gasteiger partial charge is 0.278 e. The van der Waals surface area contributed by atoms with Crippen molar-refractivity contribution in [1.29, 1.82) is 0 Å². The number of anilines is 1. The molecule has 6 nitrogen and oxygen atoms in total. The number of amides is 2. The maximum Gasteiger partial charge on any atom is 0.278 e. The second-order valence-corrected chi connectivity index (χ2v) is 7.10. The predicted octanol–water partition coefficient (Wildman–Crippen LogP) is 4.24. The molecule has 0 saturated heterocycles. The molecule has 0 fully saturated rings. The molecule has 0 atom stereocenters. The molecule has 0 aliphatic carbocycles. The molecule has 3 aromatic carbocycles. The number of carbonyl (C=O) groups is 2. The molecule has 0 spiro atoms. The van der Waals surface area contributed by atoms with Crippen molar-refractivity contribution in [2.75, 3.05) is 19.5 Å². The zero-order valence-corrected chi connectivity index (χ0v) is 17.6. The first-order chi connectivity index (χ1) is 15.5. The summed E-state index contributed by atoms with van der Waals surface area (Å²) in [5.41, 5.74) is 1.64. The third-order valence-electron chi connectivity index (χ3n) is 5.19. The molecule has 1 aliphatic rings. The minimum atomic E-state index is -0.546. The topological polar surface area (TPSA) is 67.9 Å². The second-order valence-electron chi connectivity index (χ2n) is 7.10. The second kappa shape index (κ2) is 8.93. The highest BCUT2D eigenvalue weighted by molar-refractivity contribution is 6.36. The minimum Gasteiger partial charge on any atom is -0.497 e. The average Bonchev–Trinajstić information content (AvgIpc) is 3.05. The number of carbonyl (C=O) groups excluding carboxylic acids is 2. The Morgan fingerprint density at radius 1 is 0.875 bits per heavy atom. The van der Waals surface area contributed by atoms with Crippen LogP contribution in [0.1, 0.15) is 11.1 Å². The van der Waals surface area contributed by atoms with E-state index in [1.54, 1.807) is 60.7 Å². The lowest BCUT2D eigenvalue weighted by atomic mass is 10.0. The lowest BCUT2D eigenvalue weighted by Gasteiger charge is -2.16. The quantitative estimate of drug-likeness (QED) is 0.566. The van der Waals surface area contributed by atoms with Crippen molar-refractivity contribution < 1.29 is 23.5 Å². The van der Waals surface area contributed by atoms with E-state index in [4.69, 9.17) is 9.47 Å². The van der Waals surface area contributed by atoms with Gasteiger partial charge in [-0.05, 0) is 23.8 Å². The van der Waals surface area contributed by atoms with Crippen LogP contribution < -0.4 is 14.8 Å². The number of imide groups is 1.